The Morgan fingerprint density at radius 1 is 0.756 bits per heavy atom. The van der Waals surface area contributed by atoms with Crippen LogP contribution in [0, 0.1) is 0 Å². The lowest BCUT2D eigenvalue weighted by molar-refractivity contribution is 0.0470. The molecule has 0 aliphatic heterocycles. The second-order valence-electron chi connectivity index (χ2n) is 11.2. The van der Waals surface area contributed by atoms with Gasteiger partial charge in [-0.25, -0.2) is 14.4 Å². The zero-order valence-corrected chi connectivity index (χ0v) is 25.6. The zero-order chi connectivity index (χ0) is 32.2. The minimum absolute atomic E-state index is 0.0192. The number of benzene rings is 4. The number of amides is 1. The fourth-order valence-electron chi connectivity index (χ4n) is 4.42. The Hall–Kier alpha value is -5.31. The Balaban J connectivity index is 1.48. The summed E-state index contributed by atoms with van der Waals surface area (Å²) in [5.74, 6) is -1.21. The second-order valence-corrected chi connectivity index (χ2v) is 11.2. The van der Waals surface area contributed by atoms with Crippen molar-refractivity contribution in [2.75, 3.05) is 11.9 Å². The predicted octanol–water partition coefficient (Wildman–Crippen LogP) is 7.68. The SMILES string of the molecule is CC(C)(C)OC(=O)Nc1ccc(C(=O)OCc2ccccc2)c(CCCOc2c(OCc3ccccc3)cccc2C(=O)O)c1. The molecule has 0 aliphatic carbocycles. The van der Waals surface area contributed by atoms with Gasteiger partial charge in [0.15, 0.2) is 11.5 Å². The molecule has 1 amide bonds. The fraction of sp³-hybridized carbons (Fsp3) is 0.250. The summed E-state index contributed by atoms with van der Waals surface area (Å²) in [5, 5.41) is 12.5. The van der Waals surface area contributed by atoms with Crippen molar-refractivity contribution in [1.29, 1.82) is 0 Å². The molecule has 0 heterocycles. The molecule has 9 nitrogen and oxygen atoms in total. The number of carbonyl (C=O) groups is 3. The van der Waals surface area contributed by atoms with E-state index in [9.17, 15) is 19.5 Å². The van der Waals surface area contributed by atoms with Gasteiger partial charge in [0.1, 0.15) is 24.4 Å². The normalized spacial score (nSPS) is 10.9. The van der Waals surface area contributed by atoms with Gasteiger partial charge in [-0.2, -0.15) is 0 Å². The Labute approximate surface area is 262 Å². The molecule has 234 valence electrons. The molecular formula is C36H37NO8. The van der Waals surface area contributed by atoms with Gasteiger partial charge in [-0.15, -0.1) is 0 Å². The molecule has 2 N–H and O–H groups in total. The molecule has 45 heavy (non-hydrogen) atoms. The second kappa shape index (κ2) is 15.4. The van der Waals surface area contributed by atoms with Crippen molar-refractivity contribution in [3.05, 3.63) is 125 Å². The van der Waals surface area contributed by atoms with Crippen LogP contribution >= 0.6 is 0 Å². The Kier molecular flexibility index (Phi) is 11.2. The average Bonchev–Trinajstić information content (AvgIpc) is 3.01. The first kappa shape index (κ1) is 32.6. The lowest BCUT2D eigenvalue weighted by Gasteiger charge is -2.20. The molecule has 0 aromatic heterocycles. The van der Waals surface area contributed by atoms with Crippen molar-refractivity contribution in [2.45, 2.75) is 52.4 Å². The number of rotatable bonds is 13. The molecule has 0 saturated heterocycles. The largest absolute Gasteiger partial charge is 0.489 e. The first-order valence-electron chi connectivity index (χ1n) is 14.6. The van der Waals surface area contributed by atoms with E-state index in [1.54, 1.807) is 51.1 Å². The van der Waals surface area contributed by atoms with E-state index < -0.39 is 23.6 Å². The van der Waals surface area contributed by atoms with E-state index in [1.165, 1.54) is 6.07 Å². The number of carbonyl (C=O) groups excluding carboxylic acids is 2. The molecular weight excluding hydrogens is 574 g/mol. The summed E-state index contributed by atoms with van der Waals surface area (Å²) >= 11 is 0. The molecule has 0 aliphatic rings. The number of carboxylic acid groups (broad SMARTS) is 1. The van der Waals surface area contributed by atoms with Gasteiger partial charge < -0.3 is 24.1 Å². The van der Waals surface area contributed by atoms with Crippen LogP contribution in [0.3, 0.4) is 0 Å². The van der Waals surface area contributed by atoms with Crippen LogP contribution in [0.5, 0.6) is 11.5 Å². The van der Waals surface area contributed by atoms with Gasteiger partial charge in [0.2, 0.25) is 0 Å². The molecule has 4 aromatic rings. The number of aromatic carboxylic acids is 1. The first-order valence-corrected chi connectivity index (χ1v) is 14.6. The van der Waals surface area contributed by atoms with Crippen molar-refractivity contribution >= 4 is 23.7 Å². The maximum atomic E-state index is 13.1. The fourth-order valence-corrected chi connectivity index (χ4v) is 4.42. The third-order valence-electron chi connectivity index (χ3n) is 6.47. The topological polar surface area (TPSA) is 120 Å². The molecule has 0 unspecified atom stereocenters. The number of ether oxygens (including phenoxy) is 4. The van der Waals surface area contributed by atoms with Gasteiger partial charge in [0.05, 0.1) is 12.2 Å². The average molecular weight is 612 g/mol. The summed E-state index contributed by atoms with van der Waals surface area (Å²) in [5.41, 5.74) is 2.50. The zero-order valence-electron chi connectivity index (χ0n) is 25.6. The molecule has 0 radical (unpaired) electrons. The quantitative estimate of drug-likeness (QED) is 0.117. The summed E-state index contributed by atoms with van der Waals surface area (Å²) in [4.78, 5) is 37.5. The van der Waals surface area contributed by atoms with Crippen molar-refractivity contribution in [3.63, 3.8) is 0 Å². The molecule has 9 heteroatoms. The van der Waals surface area contributed by atoms with E-state index in [4.69, 9.17) is 18.9 Å². The molecule has 0 bridgehead atoms. The first-order chi connectivity index (χ1) is 21.6. The van der Waals surface area contributed by atoms with Crippen LogP contribution in [0.4, 0.5) is 10.5 Å². The van der Waals surface area contributed by atoms with Crippen molar-refractivity contribution in [3.8, 4) is 11.5 Å². The van der Waals surface area contributed by atoms with Gasteiger partial charge in [-0.05, 0) is 80.6 Å². The number of esters is 1. The van der Waals surface area contributed by atoms with Crippen LogP contribution in [0.1, 0.15) is 64.6 Å². The number of carboxylic acids is 1. The summed E-state index contributed by atoms with van der Waals surface area (Å²) < 4.78 is 22.8. The summed E-state index contributed by atoms with van der Waals surface area (Å²) in [6, 6.07) is 28.5. The number of hydrogen-bond donors (Lipinski definition) is 2. The lowest BCUT2D eigenvalue weighted by atomic mass is 10.0. The van der Waals surface area contributed by atoms with E-state index in [0.717, 1.165) is 11.1 Å². The number of hydrogen-bond acceptors (Lipinski definition) is 7. The summed E-state index contributed by atoms with van der Waals surface area (Å²) in [7, 11) is 0. The van der Waals surface area contributed by atoms with Crippen molar-refractivity contribution in [1.82, 2.24) is 0 Å². The van der Waals surface area contributed by atoms with Gasteiger partial charge in [0, 0.05) is 5.69 Å². The highest BCUT2D eigenvalue weighted by Gasteiger charge is 2.20. The Morgan fingerprint density at radius 3 is 2.07 bits per heavy atom. The monoisotopic (exact) mass is 611 g/mol. The number of nitrogens with one attached hydrogen (secondary N) is 1. The van der Waals surface area contributed by atoms with Gasteiger partial charge in [0.25, 0.3) is 0 Å². The van der Waals surface area contributed by atoms with E-state index in [2.05, 4.69) is 5.32 Å². The Morgan fingerprint density at radius 2 is 1.42 bits per heavy atom. The van der Waals surface area contributed by atoms with E-state index in [0.29, 0.717) is 35.4 Å². The lowest BCUT2D eigenvalue weighted by Crippen LogP contribution is -2.27. The van der Waals surface area contributed by atoms with Gasteiger partial charge >= 0.3 is 18.0 Å². The molecule has 0 saturated carbocycles. The highest BCUT2D eigenvalue weighted by Crippen LogP contribution is 2.32. The van der Waals surface area contributed by atoms with Gasteiger partial charge in [-0.1, -0.05) is 66.7 Å². The van der Waals surface area contributed by atoms with E-state index >= 15 is 0 Å². The highest BCUT2D eigenvalue weighted by molar-refractivity contribution is 5.93. The van der Waals surface area contributed by atoms with Crippen LogP contribution in [0.15, 0.2) is 97.1 Å². The number of aryl methyl sites for hydroxylation is 1. The van der Waals surface area contributed by atoms with Crippen LogP contribution in [-0.4, -0.2) is 35.3 Å². The molecule has 0 fully saturated rings. The molecule has 4 aromatic carbocycles. The third kappa shape index (κ3) is 10.1. The van der Waals surface area contributed by atoms with Crippen LogP contribution < -0.4 is 14.8 Å². The maximum Gasteiger partial charge on any atom is 0.412 e. The van der Waals surface area contributed by atoms with Crippen molar-refractivity contribution in [2.24, 2.45) is 0 Å². The van der Waals surface area contributed by atoms with Gasteiger partial charge in [-0.3, -0.25) is 5.32 Å². The standard InChI is InChI=1S/C36H37NO8/c1-36(2,3)45-35(41)37-28-19-20-29(34(40)44-24-26-14-8-5-9-15-26)27(22-28)16-11-21-42-32-30(33(38)39)17-10-18-31(32)43-23-25-12-6-4-7-13-25/h4-10,12-15,17-20,22H,11,16,21,23-24H2,1-3H3,(H,37,41)(H,38,39). The minimum atomic E-state index is -1.14. The predicted molar refractivity (Wildman–Crippen MR) is 170 cm³/mol. The molecule has 0 spiro atoms. The smallest absolute Gasteiger partial charge is 0.412 e. The van der Waals surface area contributed by atoms with Crippen LogP contribution in [-0.2, 0) is 29.1 Å². The van der Waals surface area contributed by atoms with Crippen LogP contribution in [0.25, 0.3) is 0 Å². The summed E-state index contributed by atoms with van der Waals surface area (Å²) in [6.45, 7) is 5.79. The maximum absolute atomic E-state index is 13.1. The number of para-hydroxylation sites is 1. The van der Waals surface area contributed by atoms with E-state index in [-0.39, 0.29) is 31.1 Å². The van der Waals surface area contributed by atoms with Crippen LogP contribution in [0.2, 0.25) is 0 Å². The highest BCUT2D eigenvalue weighted by atomic mass is 16.6. The molecule has 4 rings (SSSR count). The summed E-state index contributed by atoms with van der Waals surface area (Å²) in [6.07, 6.45) is 0.167. The Bertz CT molecular complexity index is 1600. The third-order valence-corrected chi connectivity index (χ3v) is 6.47. The number of anilines is 1. The molecule has 0 atom stereocenters. The minimum Gasteiger partial charge on any atom is -0.489 e. The van der Waals surface area contributed by atoms with Crippen molar-refractivity contribution < 1.29 is 38.4 Å². The van der Waals surface area contributed by atoms with E-state index in [1.807, 2.05) is 60.7 Å².